The molecule has 0 fully saturated rings. The first-order chi connectivity index (χ1) is 8.03. The molecule has 0 atom stereocenters. The molecule has 0 radical (unpaired) electrons. The van der Waals surface area contributed by atoms with Crippen LogP contribution in [-0.2, 0) is 10.0 Å². The predicted octanol–water partition coefficient (Wildman–Crippen LogP) is 2.39. The van der Waals surface area contributed by atoms with Crippen molar-refractivity contribution in [2.75, 3.05) is 12.3 Å². The predicted molar refractivity (Wildman–Crippen MR) is 70.5 cm³/mol. The molecule has 4 nitrogen and oxygen atoms in total. The number of sulfonamides is 1. The maximum absolute atomic E-state index is 13.1. The van der Waals surface area contributed by atoms with Gasteiger partial charge in [0.2, 0.25) is 10.0 Å². The third-order valence-corrected chi connectivity index (χ3v) is 4.00. The summed E-state index contributed by atoms with van der Waals surface area (Å²) in [5.41, 5.74) is 4.87. The molecule has 0 saturated carbocycles. The molecule has 0 aliphatic rings. The molecule has 0 saturated heterocycles. The second-order valence-corrected chi connectivity index (χ2v) is 7.33. The lowest BCUT2D eigenvalue weighted by atomic mass is 9.98. The summed E-state index contributed by atoms with van der Waals surface area (Å²) in [5, 5.41) is -0.192. The van der Waals surface area contributed by atoms with Gasteiger partial charge in [-0.1, -0.05) is 32.4 Å². The number of nitrogen functional groups attached to an aromatic ring is 1. The van der Waals surface area contributed by atoms with Gasteiger partial charge in [0.25, 0.3) is 0 Å². The van der Waals surface area contributed by atoms with Crippen LogP contribution in [0.3, 0.4) is 0 Å². The molecule has 7 heteroatoms. The number of hydrogen-bond donors (Lipinski definition) is 2. The number of nitrogens with one attached hydrogen (secondary N) is 1. The highest BCUT2D eigenvalue weighted by atomic mass is 35.5. The van der Waals surface area contributed by atoms with E-state index < -0.39 is 15.8 Å². The summed E-state index contributed by atoms with van der Waals surface area (Å²) in [6, 6.07) is 1.91. The van der Waals surface area contributed by atoms with Crippen LogP contribution in [0.5, 0.6) is 0 Å². The lowest BCUT2D eigenvalue weighted by Crippen LogP contribution is -2.32. The molecule has 1 aromatic rings. The molecule has 0 amide bonds. The number of hydrogen-bond acceptors (Lipinski definition) is 3. The topological polar surface area (TPSA) is 72.2 Å². The Kier molecular flexibility index (Phi) is 4.25. The van der Waals surface area contributed by atoms with E-state index >= 15 is 0 Å². The quantitative estimate of drug-likeness (QED) is 0.841. The van der Waals surface area contributed by atoms with Gasteiger partial charge in [-0.25, -0.2) is 17.5 Å². The van der Waals surface area contributed by atoms with Crippen LogP contribution >= 0.6 is 11.6 Å². The molecule has 0 aliphatic carbocycles. The van der Waals surface area contributed by atoms with Crippen molar-refractivity contribution in [3.8, 4) is 0 Å². The van der Waals surface area contributed by atoms with E-state index in [4.69, 9.17) is 17.3 Å². The van der Waals surface area contributed by atoms with Gasteiger partial charge in [-0.15, -0.1) is 0 Å². The first kappa shape index (κ1) is 15.2. The molecule has 1 rings (SSSR count). The summed E-state index contributed by atoms with van der Waals surface area (Å²) in [6.07, 6.45) is 0. The minimum atomic E-state index is -3.79. The summed E-state index contributed by atoms with van der Waals surface area (Å²) in [5.74, 6) is -0.741. The zero-order valence-corrected chi connectivity index (χ0v) is 12.0. The van der Waals surface area contributed by atoms with Crippen molar-refractivity contribution in [2.45, 2.75) is 25.7 Å². The fraction of sp³-hybridized carbons (Fsp3) is 0.455. The Balaban J connectivity index is 3.10. The van der Waals surface area contributed by atoms with Crippen LogP contribution in [0, 0.1) is 11.2 Å². The van der Waals surface area contributed by atoms with Gasteiger partial charge in [0.15, 0.2) is 0 Å². The van der Waals surface area contributed by atoms with Crippen molar-refractivity contribution in [2.24, 2.45) is 5.41 Å². The van der Waals surface area contributed by atoms with Gasteiger partial charge >= 0.3 is 0 Å². The van der Waals surface area contributed by atoms with Crippen molar-refractivity contribution in [3.63, 3.8) is 0 Å². The number of halogens is 2. The van der Waals surface area contributed by atoms with Crippen LogP contribution in [0.1, 0.15) is 20.8 Å². The second-order valence-electron chi connectivity index (χ2n) is 5.19. The van der Waals surface area contributed by atoms with E-state index in [1.54, 1.807) is 0 Å². The highest BCUT2D eigenvalue weighted by Gasteiger charge is 2.22. The molecule has 0 unspecified atom stereocenters. The van der Waals surface area contributed by atoms with E-state index in [0.717, 1.165) is 12.1 Å². The molecule has 18 heavy (non-hydrogen) atoms. The number of rotatable bonds is 3. The summed E-state index contributed by atoms with van der Waals surface area (Å²) in [4.78, 5) is -0.215. The minimum Gasteiger partial charge on any atom is -0.396 e. The molecule has 0 bridgehead atoms. The van der Waals surface area contributed by atoms with E-state index in [0.29, 0.717) is 0 Å². The molecule has 0 heterocycles. The molecule has 102 valence electrons. The van der Waals surface area contributed by atoms with E-state index in [1.807, 2.05) is 20.8 Å². The van der Waals surface area contributed by atoms with E-state index in [-0.39, 0.29) is 27.6 Å². The Bertz CT molecular complexity index is 553. The highest BCUT2D eigenvalue weighted by molar-refractivity contribution is 7.89. The Hall–Kier alpha value is -0.850. The van der Waals surface area contributed by atoms with Crippen LogP contribution < -0.4 is 10.5 Å². The van der Waals surface area contributed by atoms with Gasteiger partial charge in [-0.2, -0.15) is 0 Å². The number of nitrogens with two attached hydrogens (primary N) is 1. The van der Waals surface area contributed by atoms with Crippen LogP contribution in [0.4, 0.5) is 10.1 Å². The lowest BCUT2D eigenvalue weighted by Gasteiger charge is -2.19. The summed E-state index contributed by atoms with van der Waals surface area (Å²) in [7, 11) is -3.79. The van der Waals surface area contributed by atoms with Crippen molar-refractivity contribution >= 4 is 27.3 Å². The SMILES string of the molecule is CC(C)(C)CNS(=O)(=O)c1cc(N)c(F)cc1Cl. The van der Waals surface area contributed by atoms with Gasteiger partial charge in [-0.05, 0) is 17.5 Å². The van der Waals surface area contributed by atoms with Crippen LogP contribution in [0.25, 0.3) is 0 Å². The fourth-order valence-electron chi connectivity index (χ4n) is 1.14. The van der Waals surface area contributed by atoms with Crippen molar-refractivity contribution in [1.29, 1.82) is 0 Å². The van der Waals surface area contributed by atoms with Crippen molar-refractivity contribution < 1.29 is 12.8 Å². The van der Waals surface area contributed by atoms with Crippen LogP contribution in [0.15, 0.2) is 17.0 Å². The number of benzene rings is 1. The Morgan fingerprint density at radius 2 is 1.94 bits per heavy atom. The van der Waals surface area contributed by atoms with E-state index in [2.05, 4.69) is 4.72 Å². The molecule has 3 N–H and O–H groups in total. The third-order valence-electron chi connectivity index (χ3n) is 2.13. The third kappa shape index (κ3) is 3.83. The van der Waals surface area contributed by atoms with Gasteiger partial charge in [0.05, 0.1) is 10.7 Å². The standard InChI is InChI=1S/C11H16ClFN2O2S/c1-11(2,3)6-15-18(16,17)10-5-9(14)8(13)4-7(10)12/h4-5,15H,6,14H2,1-3H3. The van der Waals surface area contributed by atoms with Crippen molar-refractivity contribution in [1.82, 2.24) is 4.72 Å². The fourth-order valence-corrected chi connectivity index (χ4v) is 2.97. The lowest BCUT2D eigenvalue weighted by molar-refractivity contribution is 0.407. The average Bonchev–Trinajstić information content (AvgIpc) is 2.19. The normalized spacial score (nSPS) is 12.7. The first-order valence-electron chi connectivity index (χ1n) is 5.27. The summed E-state index contributed by atoms with van der Waals surface area (Å²) in [6.45, 7) is 5.89. The van der Waals surface area contributed by atoms with E-state index in [1.165, 1.54) is 0 Å². The van der Waals surface area contributed by atoms with E-state index in [9.17, 15) is 12.8 Å². The van der Waals surface area contributed by atoms with Crippen molar-refractivity contribution in [3.05, 3.63) is 23.0 Å². The average molecular weight is 295 g/mol. The van der Waals surface area contributed by atoms with Gasteiger partial charge in [0, 0.05) is 6.54 Å². The molecule has 0 spiro atoms. The summed E-state index contributed by atoms with van der Waals surface area (Å²) >= 11 is 5.72. The molecule has 0 aliphatic heterocycles. The molecule has 1 aromatic carbocycles. The van der Waals surface area contributed by atoms with Crippen LogP contribution in [0.2, 0.25) is 5.02 Å². The number of anilines is 1. The Morgan fingerprint density at radius 3 is 2.44 bits per heavy atom. The monoisotopic (exact) mass is 294 g/mol. The highest BCUT2D eigenvalue weighted by Crippen LogP contribution is 2.26. The van der Waals surface area contributed by atoms with Gasteiger partial charge < -0.3 is 5.73 Å². The van der Waals surface area contributed by atoms with Gasteiger partial charge in [0.1, 0.15) is 10.7 Å². The molecular weight excluding hydrogens is 279 g/mol. The van der Waals surface area contributed by atoms with Crippen LogP contribution in [-0.4, -0.2) is 15.0 Å². The molecular formula is C11H16ClFN2O2S. The zero-order valence-electron chi connectivity index (χ0n) is 10.4. The largest absolute Gasteiger partial charge is 0.396 e. The maximum Gasteiger partial charge on any atom is 0.242 e. The second kappa shape index (κ2) is 5.03. The minimum absolute atomic E-state index is 0.192. The first-order valence-corrected chi connectivity index (χ1v) is 7.13. The smallest absolute Gasteiger partial charge is 0.242 e. The Morgan fingerprint density at radius 1 is 1.39 bits per heavy atom. The maximum atomic E-state index is 13.1. The Labute approximate surface area is 111 Å². The molecule has 0 aromatic heterocycles. The van der Waals surface area contributed by atoms with Gasteiger partial charge in [-0.3, -0.25) is 0 Å². The zero-order chi connectivity index (χ0) is 14.1. The summed E-state index contributed by atoms with van der Waals surface area (Å²) < 4.78 is 39.5.